The van der Waals surface area contributed by atoms with E-state index in [-0.39, 0.29) is 11.1 Å². The van der Waals surface area contributed by atoms with E-state index in [1.807, 2.05) is 19.1 Å². The van der Waals surface area contributed by atoms with Gasteiger partial charge in [0.1, 0.15) is 0 Å². The van der Waals surface area contributed by atoms with Crippen LogP contribution in [0.4, 0.5) is 0 Å². The normalized spacial score (nSPS) is 16.7. The second kappa shape index (κ2) is 7.19. The van der Waals surface area contributed by atoms with Crippen molar-refractivity contribution in [2.24, 2.45) is 0 Å². The summed E-state index contributed by atoms with van der Waals surface area (Å²) in [5.41, 5.74) is 1.81. The van der Waals surface area contributed by atoms with Crippen LogP contribution in [0.1, 0.15) is 62.3 Å². The molecule has 0 aromatic heterocycles. The zero-order valence-corrected chi connectivity index (χ0v) is 15.8. The molecule has 1 aliphatic heterocycles. The highest BCUT2D eigenvalue weighted by molar-refractivity contribution is 8.00. The van der Waals surface area contributed by atoms with Gasteiger partial charge in [0.05, 0.1) is 16.7 Å². The van der Waals surface area contributed by atoms with Crippen molar-refractivity contribution >= 4 is 29.5 Å². The third kappa shape index (κ3) is 3.37. The number of thioether (sulfide) groups is 1. The Balaban J connectivity index is 1.57. The highest BCUT2D eigenvalue weighted by Gasteiger charge is 2.39. The van der Waals surface area contributed by atoms with Crippen LogP contribution in [0.25, 0.3) is 0 Å². The van der Waals surface area contributed by atoms with E-state index in [1.54, 1.807) is 42.1 Å². The molecule has 5 nitrogen and oxygen atoms in total. The number of carbonyl (C=O) groups excluding carboxylic acids is 3. The molecule has 0 saturated heterocycles. The standard InChI is InChI=1S/C21H19NO4S/c1-13-10-11-18(27-14-6-2-3-7-14)17(12-13)21(25)26-22-19(23)15-8-4-5-9-16(15)20(22)24/h4-5,8-12,14H,2-3,6-7H2,1H3. The minimum atomic E-state index is -0.686. The maximum Gasteiger partial charge on any atom is 0.365 e. The van der Waals surface area contributed by atoms with E-state index in [4.69, 9.17) is 4.84 Å². The summed E-state index contributed by atoms with van der Waals surface area (Å²) in [5, 5.41) is 1.05. The summed E-state index contributed by atoms with van der Waals surface area (Å²) in [6.45, 7) is 1.89. The summed E-state index contributed by atoms with van der Waals surface area (Å²) in [6.07, 6.45) is 4.67. The van der Waals surface area contributed by atoms with E-state index in [2.05, 4.69) is 0 Å². The molecule has 6 heteroatoms. The van der Waals surface area contributed by atoms with Crippen LogP contribution in [0, 0.1) is 6.92 Å². The highest BCUT2D eigenvalue weighted by Crippen LogP contribution is 2.37. The molecule has 0 atom stereocenters. The molecule has 0 radical (unpaired) electrons. The van der Waals surface area contributed by atoms with Gasteiger partial charge in [-0.25, -0.2) is 4.79 Å². The fourth-order valence-electron chi connectivity index (χ4n) is 3.47. The number of aryl methyl sites for hydroxylation is 1. The second-order valence-electron chi connectivity index (χ2n) is 6.85. The Morgan fingerprint density at radius 2 is 1.67 bits per heavy atom. The molecule has 2 aromatic carbocycles. The van der Waals surface area contributed by atoms with E-state index < -0.39 is 17.8 Å². The monoisotopic (exact) mass is 381 g/mol. The van der Waals surface area contributed by atoms with Crippen LogP contribution in [0.5, 0.6) is 0 Å². The molecule has 1 heterocycles. The third-order valence-corrected chi connectivity index (χ3v) is 6.30. The molecule has 2 amide bonds. The van der Waals surface area contributed by atoms with Crippen molar-refractivity contribution in [3.05, 3.63) is 64.7 Å². The number of rotatable bonds is 4. The van der Waals surface area contributed by atoms with Crippen molar-refractivity contribution < 1.29 is 19.2 Å². The highest BCUT2D eigenvalue weighted by atomic mass is 32.2. The van der Waals surface area contributed by atoms with Crippen LogP contribution in [0.3, 0.4) is 0 Å². The van der Waals surface area contributed by atoms with Crippen LogP contribution in [-0.4, -0.2) is 28.1 Å². The SMILES string of the molecule is Cc1ccc(SC2CCCC2)c(C(=O)ON2C(=O)c3ccccc3C2=O)c1. The Labute approximate surface area is 161 Å². The van der Waals surface area contributed by atoms with Gasteiger partial charge in [0.15, 0.2) is 0 Å². The van der Waals surface area contributed by atoms with Crippen LogP contribution in [0.2, 0.25) is 0 Å². The Kier molecular flexibility index (Phi) is 4.74. The minimum Gasteiger partial charge on any atom is -0.324 e. The quantitative estimate of drug-likeness (QED) is 0.735. The number of benzene rings is 2. The first-order valence-electron chi connectivity index (χ1n) is 9.02. The van der Waals surface area contributed by atoms with Crippen molar-refractivity contribution in [3.63, 3.8) is 0 Å². The summed E-state index contributed by atoms with van der Waals surface area (Å²) < 4.78 is 0. The molecule has 0 unspecified atom stereocenters. The largest absolute Gasteiger partial charge is 0.365 e. The van der Waals surface area contributed by atoms with E-state index in [1.165, 1.54) is 12.8 Å². The number of nitrogens with zero attached hydrogens (tertiary/aromatic N) is 1. The predicted octanol–water partition coefficient (Wildman–Crippen LogP) is 4.40. The molecule has 1 aliphatic carbocycles. The summed E-state index contributed by atoms with van der Waals surface area (Å²) in [4.78, 5) is 43.7. The van der Waals surface area contributed by atoms with Crippen molar-refractivity contribution in [2.75, 3.05) is 0 Å². The van der Waals surface area contributed by atoms with Gasteiger partial charge < -0.3 is 4.84 Å². The molecule has 2 aromatic rings. The Hall–Kier alpha value is -2.60. The van der Waals surface area contributed by atoms with Gasteiger partial charge in [0.2, 0.25) is 0 Å². The predicted molar refractivity (Wildman–Crippen MR) is 102 cm³/mol. The van der Waals surface area contributed by atoms with Gasteiger partial charge in [-0.05, 0) is 44.0 Å². The fourth-order valence-corrected chi connectivity index (χ4v) is 4.82. The number of hydrogen-bond donors (Lipinski definition) is 0. The molecule has 0 N–H and O–H groups in total. The Morgan fingerprint density at radius 3 is 2.30 bits per heavy atom. The van der Waals surface area contributed by atoms with Gasteiger partial charge in [-0.1, -0.05) is 41.7 Å². The van der Waals surface area contributed by atoms with Crippen molar-refractivity contribution in [2.45, 2.75) is 42.8 Å². The molecular weight excluding hydrogens is 362 g/mol. The first-order chi connectivity index (χ1) is 13.0. The van der Waals surface area contributed by atoms with Gasteiger partial charge in [0, 0.05) is 10.1 Å². The van der Waals surface area contributed by atoms with Crippen molar-refractivity contribution in [1.29, 1.82) is 0 Å². The van der Waals surface area contributed by atoms with Gasteiger partial charge in [-0.2, -0.15) is 0 Å². The van der Waals surface area contributed by atoms with Crippen LogP contribution in [0.15, 0.2) is 47.4 Å². The lowest BCUT2D eigenvalue weighted by Crippen LogP contribution is -2.32. The van der Waals surface area contributed by atoms with Crippen LogP contribution in [-0.2, 0) is 4.84 Å². The van der Waals surface area contributed by atoms with Gasteiger partial charge in [-0.15, -0.1) is 11.8 Å². The summed E-state index contributed by atoms with van der Waals surface area (Å²) in [5.74, 6) is -1.91. The van der Waals surface area contributed by atoms with Gasteiger partial charge in [0.25, 0.3) is 11.8 Å². The fraction of sp³-hybridized carbons (Fsp3) is 0.286. The number of carbonyl (C=O) groups is 3. The van der Waals surface area contributed by atoms with Gasteiger partial charge in [-0.3, -0.25) is 9.59 Å². The number of hydrogen-bond acceptors (Lipinski definition) is 5. The second-order valence-corrected chi connectivity index (χ2v) is 8.20. The van der Waals surface area contributed by atoms with Crippen molar-refractivity contribution in [1.82, 2.24) is 5.06 Å². The third-order valence-electron chi connectivity index (χ3n) is 4.88. The average Bonchev–Trinajstić information content (AvgIpc) is 3.26. The average molecular weight is 381 g/mol. The molecule has 2 aliphatic rings. The van der Waals surface area contributed by atoms with Crippen LogP contribution < -0.4 is 0 Å². The van der Waals surface area contributed by atoms with E-state index >= 15 is 0 Å². The van der Waals surface area contributed by atoms with Crippen molar-refractivity contribution in [3.8, 4) is 0 Å². The molecular formula is C21H19NO4S. The first-order valence-corrected chi connectivity index (χ1v) is 9.90. The van der Waals surface area contributed by atoms with Crippen LogP contribution >= 0.6 is 11.8 Å². The minimum absolute atomic E-state index is 0.250. The topological polar surface area (TPSA) is 63.7 Å². The molecule has 0 bridgehead atoms. The zero-order chi connectivity index (χ0) is 19.0. The Morgan fingerprint density at radius 1 is 1.04 bits per heavy atom. The summed E-state index contributed by atoms with van der Waals surface area (Å²) in [7, 11) is 0. The molecule has 1 saturated carbocycles. The number of amides is 2. The number of imide groups is 1. The smallest absolute Gasteiger partial charge is 0.324 e. The lowest BCUT2D eigenvalue weighted by atomic mass is 10.1. The summed E-state index contributed by atoms with van der Waals surface area (Å²) in [6, 6.07) is 12.1. The molecule has 0 spiro atoms. The number of fused-ring (bicyclic) bond motifs is 1. The first kappa shape index (κ1) is 17.8. The molecule has 138 valence electrons. The number of hydroxylamine groups is 2. The van der Waals surface area contributed by atoms with E-state index in [0.29, 0.717) is 15.9 Å². The maximum absolute atomic E-state index is 12.8. The molecule has 4 rings (SSSR count). The Bertz CT molecular complexity index is 899. The zero-order valence-electron chi connectivity index (χ0n) is 14.9. The summed E-state index contributed by atoms with van der Waals surface area (Å²) >= 11 is 1.67. The lowest BCUT2D eigenvalue weighted by molar-refractivity contribution is -0.0587. The van der Waals surface area contributed by atoms with Gasteiger partial charge >= 0.3 is 5.97 Å². The lowest BCUT2D eigenvalue weighted by Gasteiger charge is -2.16. The molecule has 1 fully saturated rings. The molecule has 27 heavy (non-hydrogen) atoms. The maximum atomic E-state index is 12.8. The van der Waals surface area contributed by atoms with E-state index in [9.17, 15) is 14.4 Å². The van der Waals surface area contributed by atoms with E-state index in [0.717, 1.165) is 23.3 Å².